The largest absolute Gasteiger partial charge is 0.573 e. The molecule has 1 atom stereocenters. The van der Waals surface area contributed by atoms with Crippen molar-refractivity contribution in [3.63, 3.8) is 0 Å². The summed E-state index contributed by atoms with van der Waals surface area (Å²) in [6.45, 7) is 2.82. The summed E-state index contributed by atoms with van der Waals surface area (Å²) in [5.74, 6) is -0.211. The normalized spacial score (nSPS) is 13.5. The zero-order valence-corrected chi connectivity index (χ0v) is 9.42. The van der Waals surface area contributed by atoms with Gasteiger partial charge in [0, 0.05) is 19.1 Å². The standard InChI is InChI=1S/C11H15F3N2O/c1-8(6-15)16-7-9-3-2-4-10(5-9)17-11(12,13)14/h2-5,8,16H,6-7,15H2,1H3/t8-/m1/s1. The molecular formula is C11H15F3N2O. The quantitative estimate of drug-likeness (QED) is 0.838. The highest BCUT2D eigenvalue weighted by Crippen LogP contribution is 2.23. The maximum absolute atomic E-state index is 12.0. The number of nitrogens with one attached hydrogen (secondary N) is 1. The van der Waals surface area contributed by atoms with Gasteiger partial charge in [0.25, 0.3) is 0 Å². The lowest BCUT2D eigenvalue weighted by molar-refractivity contribution is -0.274. The average Bonchev–Trinajstić information content (AvgIpc) is 2.24. The Morgan fingerprint density at radius 3 is 2.71 bits per heavy atom. The lowest BCUT2D eigenvalue weighted by Crippen LogP contribution is -2.32. The molecule has 17 heavy (non-hydrogen) atoms. The minimum Gasteiger partial charge on any atom is -0.406 e. The van der Waals surface area contributed by atoms with Crippen LogP contribution in [0.2, 0.25) is 0 Å². The fourth-order valence-corrected chi connectivity index (χ4v) is 1.23. The predicted octanol–water partition coefficient (Wildman–Crippen LogP) is 2.02. The van der Waals surface area contributed by atoms with Gasteiger partial charge in [-0.15, -0.1) is 13.2 Å². The number of nitrogens with two attached hydrogens (primary N) is 1. The first kappa shape index (κ1) is 13.8. The molecular weight excluding hydrogens is 233 g/mol. The van der Waals surface area contributed by atoms with Gasteiger partial charge in [0.2, 0.25) is 0 Å². The molecule has 0 saturated heterocycles. The van der Waals surface area contributed by atoms with E-state index in [1.807, 2.05) is 6.92 Å². The Morgan fingerprint density at radius 1 is 1.41 bits per heavy atom. The minimum atomic E-state index is -4.66. The van der Waals surface area contributed by atoms with Crippen LogP contribution < -0.4 is 15.8 Å². The van der Waals surface area contributed by atoms with Crippen molar-refractivity contribution in [1.82, 2.24) is 5.32 Å². The molecule has 0 saturated carbocycles. The van der Waals surface area contributed by atoms with E-state index in [1.165, 1.54) is 18.2 Å². The van der Waals surface area contributed by atoms with Gasteiger partial charge in [-0.2, -0.15) is 0 Å². The topological polar surface area (TPSA) is 47.3 Å². The molecule has 96 valence electrons. The molecule has 0 fully saturated rings. The van der Waals surface area contributed by atoms with Crippen molar-refractivity contribution >= 4 is 0 Å². The summed E-state index contributed by atoms with van der Waals surface area (Å²) in [4.78, 5) is 0. The van der Waals surface area contributed by atoms with Crippen LogP contribution in [0.3, 0.4) is 0 Å². The molecule has 0 amide bonds. The predicted molar refractivity (Wildman–Crippen MR) is 58.5 cm³/mol. The van der Waals surface area contributed by atoms with E-state index in [1.54, 1.807) is 6.07 Å². The Morgan fingerprint density at radius 2 is 2.12 bits per heavy atom. The van der Waals surface area contributed by atoms with Gasteiger partial charge in [0.05, 0.1) is 0 Å². The number of hydrogen-bond acceptors (Lipinski definition) is 3. The van der Waals surface area contributed by atoms with Crippen LogP contribution in [-0.2, 0) is 6.54 Å². The summed E-state index contributed by atoms with van der Waals surface area (Å²) in [6, 6.07) is 5.97. The third kappa shape index (κ3) is 5.55. The molecule has 0 heterocycles. The van der Waals surface area contributed by atoms with Crippen LogP contribution >= 0.6 is 0 Å². The van der Waals surface area contributed by atoms with Gasteiger partial charge in [-0.25, -0.2) is 0 Å². The van der Waals surface area contributed by atoms with Crippen molar-refractivity contribution in [2.45, 2.75) is 25.9 Å². The molecule has 0 unspecified atom stereocenters. The highest BCUT2D eigenvalue weighted by Gasteiger charge is 2.31. The molecule has 3 N–H and O–H groups in total. The second-order valence-electron chi connectivity index (χ2n) is 3.71. The Labute approximate surface area is 97.8 Å². The maximum atomic E-state index is 12.0. The highest BCUT2D eigenvalue weighted by molar-refractivity contribution is 5.28. The Kier molecular flexibility index (Phi) is 4.77. The van der Waals surface area contributed by atoms with Gasteiger partial charge in [-0.05, 0) is 24.6 Å². The van der Waals surface area contributed by atoms with Gasteiger partial charge in [0.1, 0.15) is 5.75 Å². The fourth-order valence-electron chi connectivity index (χ4n) is 1.23. The van der Waals surface area contributed by atoms with Crippen LogP contribution in [0.15, 0.2) is 24.3 Å². The second kappa shape index (κ2) is 5.88. The first-order valence-electron chi connectivity index (χ1n) is 5.19. The SMILES string of the molecule is C[C@H](CN)NCc1cccc(OC(F)(F)F)c1. The van der Waals surface area contributed by atoms with E-state index in [2.05, 4.69) is 10.1 Å². The molecule has 0 aliphatic carbocycles. The molecule has 0 spiro atoms. The van der Waals surface area contributed by atoms with E-state index in [0.717, 1.165) is 0 Å². The van der Waals surface area contributed by atoms with Crippen molar-refractivity contribution in [3.8, 4) is 5.75 Å². The average molecular weight is 248 g/mol. The molecule has 0 aliphatic rings. The van der Waals surface area contributed by atoms with Gasteiger partial charge < -0.3 is 15.8 Å². The number of ether oxygens (including phenoxy) is 1. The second-order valence-corrected chi connectivity index (χ2v) is 3.71. The lowest BCUT2D eigenvalue weighted by atomic mass is 10.2. The van der Waals surface area contributed by atoms with Crippen LogP contribution in [0.1, 0.15) is 12.5 Å². The van der Waals surface area contributed by atoms with E-state index in [0.29, 0.717) is 18.7 Å². The van der Waals surface area contributed by atoms with Crippen molar-refractivity contribution < 1.29 is 17.9 Å². The first-order chi connectivity index (χ1) is 7.90. The van der Waals surface area contributed by atoms with Crippen LogP contribution in [0.5, 0.6) is 5.75 Å². The number of hydrogen-bond donors (Lipinski definition) is 2. The molecule has 1 aromatic rings. The van der Waals surface area contributed by atoms with Crippen molar-refractivity contribution in [3.05, 3.63) is 29.8 Å². The number of benzene rings is 1. The summed E-state index contributed by atoms with van der Waals surface area (Å²) in [5.41, 5.74) is 6.13. The monoisotopic (exact) mass is 248 g/mol. The fraction of sp³-hybridized carbons (Fsp3) is 0.455. The van der Waals surface area contributed by atoms with E-state index in [-0.39, 0.29) is 11.8 Å². The zero-order valence-electron chi connectivity index (χ0n) is 9.42. The molecule has 1 rings (SSSR count). The molecule has 6 heteroatoms. The molecule has 0 aliphatic heterocycles. The van der Waals surface area contributed by atoms with E-state index in [4.69, 9.17) is 5.73 Å². The summed E-state index contributed by atoms with van der Waals surface area (Å²) in [6.07, 6.45) is -4.66. The maximum Gasteiger partial charge on any atom is 0.573 e. The molecule has 0 bridgehead atoms. The third-order valence-electron chi connectivity index (χ3n) is 2.14. The summed E-state index contributed by atoms with van der Waals surface area (Å²) >= 11 is 0. The van der Waals surface area contributed by atoms with Crippen LogP contribution in [0.4, 0.5) is 13.2 Å². The van der Waals surface area contributed by atoms with Gasteiger partial charge in [-0.3, -0.25) is 0 Å². The summed E-state index contributed by atoms with van der Waals surface area (Å²) < 4.78 is 39.8. The Hall–Kier alpha value is -1.27. The molecule has 0 aromatic heterocycles. The third-order valence-corrected chi connectivity index (χ3v) is 2.14. The van der Waals surface area contributed by atoms with Crippen molar-refractivity contribution in [2.24, 2.45) is 5.73 Å². The Bertz CT molecular complexity index is 355. The van der Waals surface area contributed by atoms with Crippen molar-refractivity contribution in [1.29, 1.82) is 0 Å². The number of alkyl halides is 3. The summed E-state index contributed by atoms with van der Waals surface area (Å²) in [5, 5.41) is 3.08. The van der Waals surface area contributed by atoms with E-state index in [9.17, 15) is 13.2 Å². The van der Waals surface area contributed by atoms with Gasteiger partial charge in [0.15, 0.2) is 0 Å². The van der Waals surface area contributed by atoms with Crippen LogP contribution in [0, 0.1) is 0 Å². The van der Waals surface area contributed by atoms with Crippen molar-refractivity contribution in [2.75, 3.05) is 6.54 Å². The van der Waals surface area contributed by atoms with E-state index < -0.39 is 6.36 Å². The first-order valence-corrected chi connectivity index (χ1v) is 5.19. The number of halogens is 3. The summed E-state index contributed by atoms with van der Waals surface area (Å²) in [7, 11) is 0. The van der Waals surface area contributed by atoms with Crippen LogP contribution in [0.25, 0.3) is 0 Å². The minimum absolute atomic E-state index is 0.113. The zero-order chi connectivity index (χ0) is 12.9. The molecule has 1 aromatic carbocycles. The highest BCUT2D eigenvalue weighted by atomic mass is 19.4. The van der Waals surface area contributed by atoms with E-state index >= 15 is 0 Å². The van der Waals surface area contributed by atoms with Gasteiger partial charge in [-0.1, -0.05) is 12.1 Å². The lowest BCUT2D eigenvalue weighted by Gasteiger charge is -2.13. The number of rotatable bonds is 5. The Balaban J connectivity index is 2.60. The molecule has 3 nitrogen and oxygen atoms in total. The van der Waals surface area contributed by atoms with Crippen LogP contribution in [-0.4, -0.2) is 18.9 Å². The smallest absolute Gasteiger partial charge is 0.406 e. The van der Waals surface area contributed by atoms with Gasteiger partial charge >= 0.3 is 6.36 Å². The molecule has 0 radical (unpaired) electrons.